The zero-order valence-electron chi connectivity index (χ0n) is 14.4. The maximum atomic E-state index is 12.7. The van der Waals surface area contributed by atoms with E-state index in [0.29, 0.717) is 13.1 Å². The van der Waals surface area contributed by atoms with E-state index in [0.717, 1.165) is 30.7 Å². The first kappa shape index (κ1) is 16.4. The van der Waals surface area contributed by atoms with Crippen molar-refractivity contribution in [3.8, 4) is 5.75 Å². The molecule has 126 valence electrons. The number of likely N-dealkylation sites (N-methyl/N-ethyl adjacent to an activating group) is 1. The van der Waals surface area contributed by atoms with Crippen molar-refractivity contribution in [3.05, 3.63) is 59.7 Å². The molecule has 0 radical (unpaired) electrons. The van der Waals surface area contributed by atoms with E-state index in [4.69, 9.17) is 4.74 Å². The molecule has 1 aliphatic rings. The normalized spacial score (nSPS) is 13.3. The Morgan fingerprint density at radius 1 is 1.17 bits per heavy atom. The molecule has 0 spiro atoms. The van der Waals surface area contributed by atoms with Gasteiger partial charge in [-0.3, -0.25) is 4.79 Å². The van der Waals surface area contributed by atoms with Gasteiger partial charge in [-0.15, -0.1) is 0 Å². The number of rotatable bonds is 5. The quantitative estimate of drug-likeness (QED) is 0.847. The minimum atomic E-state index is 0.123. The van der Waals surface area contributed by atoms with Gasteiger partial charge in [0.15, 0.2) is 0 Å². The molecule has 2 aromatic rings. The molecule has 0 N–H and O–H groups in total. The number of carbonyl (C=O) groups excluding carboxylic acids is 1. The first-order chi connectivity index (χ1) is 11.7. The second-order valence-corrected chi connectivity index (χ2v) is 6.22. The van der Waals surface area contributed by atoms with E-state index in [1.807, 2.05) is 37.4 Å². The molecule has 4 heteroatoms. The number of benzene rings is 2. The third kappa shape index (κ3) is 3.53. The van der Waals surface area contributed by atoms with E-state index in [9.17, 15) is 4.79 Å². The number of anilines is 1. The number of aryl methyl sites for hydroxylation is 1. The predicted octanol–water partition coefficient (Wildman–Crippen LogP) is 3.11. The summed E-state index contributed by atoms with van der Waals surface area (Å²) in [5.74, 6) is 0.943. The summed E-state index contributed by atoms with van der Waals surface area (Å²) in [6.07, 6.45) is 2.19. The molecular formula is C20H24N2O2. The number of hydrogen-bond acceptors (Lipinski definition) is 3. The second kappa shape index (κ2) is 7.39. The van der Waals surface area contributed by atoms with Crippen molar-refractivity contribution >= 4 is 11.6 Å². The maximum Gasteiger partial charge on any atom is 0.242 e. The van der Waals surface area contributed by atoms with Crippen LogP contribution in [0.3, 0.4) is 0 Å². The predicted molar refractivity (Wildman–Crippen MR) is 96.4 cm³/mol. The highest BCUT2D eigenvalue weighted by atomic mass is 16.5. The Balaban J connectivity index is 1.67. The summed E-state index contributed by atoms with van der Waals surface area (Å²) >= 11 is 0. The van der Waals surface area contributed by atoms with Crippen LogP contribution in [0.25, 0.3) is 0 Å². The standard InChI is InChI=1S/C20H24N2O2/c1-21(14-17-9-4-6-12-19(17)24-2)20(23)15-22-13-7-10-16-8-3-5-11-18(16)22/h3-6,8-9,11-12H,7,10,13-15H2,1-2H3. The molecule has 2 aromatic carbocycles. The van der Waals surface area contributed by atoms with Gasteiger partial charge in [0.05, 0.1) is 13.7 Å². The third-order valence-corrected chi connectivity index (χ3v) is 4.56. The molecule has 0 fully saturated rings. The second-order valence-electron chi connectivity index (χ2n) is 6.22. The Bertz CT molecular complexity index is 714. The number of para-hydroxylation sites is 2. The highest BCUT2D eigenvalue weighted by molar-refractivity contribution is 5.82. The van der Waals surface area contributed by atoms with Gasteiger partial charge in [-0.1, -0.05) is 36.4 Å². The van der Waals surface area contributed by atoms with Gasteiger partial charge in [-0.25, -0.2) is 0 Å². The largest absolute Gasteiger partial charge is 0.496 e. The van der Waals surface area contributed by atoms with Gasteiger partial charge >= 0.3 is 0 Å². The SMILES string of the molecule is COc1ccccc1CN(C)C(=O)CN1CCCc2ccccc21. The van der Waals surface area contributed by atoms with Gasteiger partial charge in [0.1, 0.15) is 5.75 Å². The summed E-state index contributed by atoms with van der Waals surface area (Å²) in [4.78, 5) is 16.6. The lowest BCUT2D eigenvalue weighted by Gasteiger charge is -2.32. The fourth-order valence-corrected chi connectivity index (χ4v) is 3.24. The highest BCUT2D eigenvalue weighted by Gasteiger charge is 2.20. The van der Waals surface area contributed by atoms with Gasteiger partial charge in [-0.05, 0) is 30.5 Å². The molecule has 4 nitrogen and oxygen atoms in total. The molecular weight excluding hydrogens is 300 g/mol. The Hall–Kier alpha value is -2.49. The van der Waals surface area contributed by atoms with Crippen LogP contribution in [0.2, 0.25) is 0 Å². The van der Waals surface area contributed by atoms with Crippen LogP contribution in [-0.2, 0) is 17.8 Å². The van der Waals surface area contributed by atoms with Crippen molar-refractivity contribution in [2.45, 2.75) is 19.4 Å². The summed E-state index contributed by atoms with van der Waals surface area (Å²) < 4.78 is 5.37. The van der Waals surface area contributed by atoms with Crippen LogP contribution >= 0.6 is 0 Å². The fraction of sp³-hybridized carbons (Fsp3) is 0.350. The van der Waals surface area contributed by atoms with E-state index in [2.05, 4.69) is 23.1 Å². The van der Waals surface area contributed by atoms with Crippen molar-refractivity contribution in [2.75, 3.05) is 32.1 Å². The van der Waals surface area contributed by atoms with Gasteiger partial charge in [0.2, 0.25) is 5.91 Å². The Morgan fingerprint density at radius 3 is 2.75 bits per heavy atom. The average molecular weight is 324 g/mol. The Kier molecular flexibility index (Phi) is 5.04. The van der Waals surface area contributed by atoms with Crippen molar-refractivity contribution in [1.29, 1.82) is 0 Å². The number of carbonyl (C=O) groups is 1. The number of methoxy groups -OCH3 is 1. The van der Waals surface area contributed by atoms with Gasteiger partial charge < -0.3 is 14.5 Å². The number of fused-ring (bicyclic) bond motifs is 1. The summed E-state index contributed by atoms with van der Waals surface area (Å²) in [5, 5.41) is 0. The molecule has 0 aliphatic carbocycles. The summed E-state index contributed by atoms with van der Waals surface area (Å²) in [7, 11) is 3.51. The molecule has 0 aromatic heterocycles. The summed E-state index contributed by atoms with van der Waals surface area (Å²) in [6, 6.07) is 16.2. The number of amides is 1. The van der Waals surface area contributed by atoms with Crippen molar-refractivity contribution in [2.24, 2.45) is 0 Å². The topological polar surface area (TPSA) is 32.8 Å². The minimum absolute atomic E-state index is 0.123. The van der Waals surface area contributed by atoms with Crippen molar-refractivity contribution in [1.82, 2.24) is 4.90 Å². The van der Waals surface area contributed by atoms with Crippen LogP contribution in [0.5, 0.6) is 5.75 Å². The molecule has 0 saturated heterocycles. The van der Waals surface area contributed by atoms with Gasteiger partial charge in [0.25, 0.3) is 0 Å². The molecule has 0 unspecified atom stereocenters. The first-order valence-corrected chi connectivity index (χ1v) is 8.37. The van der Waals surface area contributed by atoms with Crippen LogP contribution in [0.15, 0.2) is 48.5 Å². The van der Waals surface area contributed by atoms with E-state index in [1.54, 1.807) is 12.0 Å². The third-order valence-electron chi connectivity index (χ3n) is 4.56. The molecule has 3 rings (SSSR count). The monoisotopic (exact) mass is 324 g/mol. The zero-order valence-corrected chi connectivity index (χ0v) is 14.4. The van der Waals surface area contributed by atoms with Crippen molar-refractivity contribution < 1.29 is 9.53 Å². The molecule has 0 atom stereocenters. The van der Waals surface area contributed by atoms with Crippen LogP contribution in [-0.4, -0.2) is 38.1 Å². The van der Waals surface area contributed by atoms with Crippen LogP contribution in [0.1, 0.15) is 17.5 Å². The van der Waals surface area contributed by atoms with E-state index >= 15 is 0 Å². The van der Waals surface area contributed by atoms with Crippen molar-refractivity contribution in [3.63, 3.8) is 0 Å². The Morgan fingerprint density at radius 2 is 1.92 bits per heavy atom. The minimum Gasteiger partial charge on any atom is -0.496 e. The maximum absolute atomic E-state index is 12.7. The smallest absolute Gasteiger partial charge is 0.242 e. The molecule has 24 heavy (non-hydrogen) atoms. The van der Waals surface area contributed by atoms with Gasteiger partial charge in [0, 0.05) is 31.4 Å². The van der Waals surface area contributed by atoms with E-state index in [-0.39, 0.29) is 5.91 Å². The average Bonchev–Trinajstić information content (AvgIpc) is 2.62. The molecule has 0 saturated carbocycles. The number of nitrogens with zero attached hydrogens (tertiary/aromatic N) is 2. The number of hydrogen-bond donors (Lipinski definition) is 0. The Labute approximate surface area is 143 Å². The van der Waals surface area contributed by atoms with Crippen LogP contribution in [0.4, 0.5) is 5.69 Å². The molecule has 1 amide bonds. The molecule has 1 aliphatic heterocycles. The van der Waals surface area contributed by atoms with Gasteiger partial charge in [-0.2, -0.15) is 0 Å². The lowest BCUT2D eigenvalue weighted by molar-refractivity contribution is -0.129. The van der Waals surface area contributed by atoms with Crippen LogP contribution < -0.4 is 9.64 Å². The molecule has 1 heterocycles. The van der Waals surface area contributed by atoms with Crippen LogP contribution in [0, 0.1) is 0 Å². The number of ether oxygens (including phenoxy) is 1. The fourth-order valence-electron chi connectivity index (χ4n) is 3.24. The van der Waals surface area contributed by atoms with E-state index < -0.39 is 0 Å². The zero-order chi connectivity index (χ0) is 16.9. The lowest BCUT2D eigenvalue weighted by atomic mass is 10.0. The summed E-state index contributed by atoms with van der Waals surface area (Å²) in [6.45, 7) is 1.91. The summed E-state index contributed by atoms with van der Waals surface area (Å²) in [5.41, 5.74) is 3.56. The van der Waals surface area contributed by atoms with E-state index in [1.165, 1.54) is 11.3 Å². The first-order valence-electron chi connectivity index (χ1n) is 8.37. The molecule has 0 bridgehead atoms. The lowest BCUT2D eigenvalue weighted by Crippen LogP contribution is -2.40. The highest BCUT2D eigenvalue weighted by Crippen LogP contribution is 2.26.